The number of aromatic nitrogens is 1. The number of hydrogen-bond acceptors (Lipinski definition) is 4. The summed E-state index contributed by atoms with van der Waals surface area (Å²) in [6, 6.07) is 8.24. The highest BCUT2D eigenvalue weighted by Crippen LogP contribution is 2.23. The summed E-state index contributed by atoms with van der Waals surface area (Å²) in [6.45, 7) is 0. The molecule has 0 atom stereocenters. The SMILES string of the molecule is O=C(Nc1ccc2[nH]c(=O)oc2c1)c1ccc(Cl)s1. The molecule has 0 saturated heterocycles. The third-order valence-corrected chi connectivity index (χ3v) is 3.71. The first-order chi connectivity index (χ1) is 9.11. The molecule has 0 aliphatic carbocycles. The minimum Gasteiger partial charge on any atom is -0.408 e. The van der Waals surface area contributed by atoms with E-state index >= 15 is 0 Å². The van der Waals surface area contributed by atoms with Gasteiger partial charge in [-0.3, -0.25) is 9.78 Å². The fraction of sp³-hybridized carbons (Fsp3) is 0. The molecule has 3 rings (SSSR count). The van der Waals surface area contributed by atoms with E-state index in [0.717, 1.165) is 0 Å². The molecule has 1 aromatic carbocycles. The minimum absolute atomic E-state index is 0.255. The van der Waals surface area contributed by atoms with Crippen LogP contribution in [0.15, 0.2) is 39.5 Å². The van der Waals surface area contributed by atoms with E-state index in [1.807, 2.05) is 0 Å². The van der Waals surface area contributed by atoms with Crippen molar-refractivity contribution in [3.8, 4) is 0 Å². The summed E-state index contributed by atoms with van der Waals surface area (Å²) in [5.74, 6) is -0.780. The number of benzene rings is 1. The zero-order valence-corrected chi connectivity index (χ0v) is 11.0. The zero-order chi connectivity index (χ0) is 13.4. The second-order valence-electron chi connectivity index (χ2n) is 3.78. The average molecular weight is 295 g/mol. The maximum Gasteiger partial charge on any atom is 0.417 e. The molecule has 7 heteroatoms. The topological polar surface area (TPSA) is 75.1 Å². The molecule has 0 aliphatic rings. The van der Waals surface area contributed by atoms with Gasteiger partial charge in [0.05, 0.1) is 14.7 Å². The molecule has 0 radical (unpaired) electrons. The van der Waals surface area contributed by atoms with Gasteiger partial charge in [0.15, 0.2) is 5.58 Å². The van der Waals surface area contributed by atoms with Crippen molar-refractivity contribution in [1.82, 2.24) is 4.98 Å². The Morgan fingerprint density at radius 2 is 2.16 bits per heavy atom. The number of hydrogen-bond donors (Lipinski definition) is 2. The largest absolute Gasteiger partial charge is 0.417 e. The molecule has 19 heavy (non-hydrogen) atoms. The lowest BCUT2D eigenvalue weighted by molar-refractivity contribution is 0.103. The van der Waals surface area contributed by atoms with Gasteiger partial charge >= 0.3 is 5.76 Å². The Labute approximate surface area is 115 Å². The van der Waals surface area contributed by atoms with E-state index in [-0.39, 0.29) is 5.91 Å². The first-order valence-corrected chi connectivity index (χ1v) is 6.51. The number of halogens is 1. The molecule has 0 fully saturated rings. The molecule has 0 unspecified atom stereocenters. The molecular formula is C12H7ClN2O3S. The van der Waals surface area contributed by atoms with Crippen molar-refractivity contribution in [2.45, 2.75) is 0 Å². The molecule has 5 nitrogen and oxygen atoms in total. The Balaban J connectivity index is 1.88. The Bertz CT molecular complexity index is 818. The van der Waals surface area contributed by atoms with E-state index in [4.69, 9.17) is 16.0 Å². The van der Waals surface area contributed by atoms with E-state index in [0.29, 0.717) is 26.0 Å². The van der Waals surface area contributed by atoms with Gasteiger partial charge in [0.2, 0.25) is 0 Å². The Morgan fingerprint density at radius 1 is 1.32 bits per heavy atom. The van der Waals surface area contributed by atoms with Crippen molar-refractivity contribution in [2.24, 2.45) is 0 Å². The number of thiophene rings is 1. The molecule has 1 amide bonds. The molecule has 3 aromatic rings. The quantitative estimate of drug-likeness (QED) is 0.762. The number of oxazole rings is 1. The number of amides is 1. The van der Waals surface area contributed by atoms with Crippen LogP contribution in [0.5, 0.6) is 0 Å². The van der Waals surface area contributed by atoms with Gasteiger partial charge in [-0.2, -0.15) is 0 Å². The first-order valence-electron chi connectivity index (χ1n) is 5.31. The van der Waals surface area contributed by atoms with Crippen molar-refractivity contribution < 1.29 is 9.21 Å². The molecule has 0 spiro atoms. The number of rotatable bonds is 2. The smallest absolute Gasteiger partial charge is 0.408 e. The summed E-state index contributed by atoms with van der Waals surface area (Å²) in [4.78, 5) is 26.0. The van der Waals surface area contributed by atoms with Gasteiger partial charge < -0.3 is 9.73 Å². The normalized spacial score (nSPS) is 10.8. The fourth-order valence-corrected chi connectivity index (χ4v) is 2.59. The number of nitrogens with one attached hydrogen (secondary N) is 2. The maximum absolute atomic E-state index is 11.9. The van der Waals surface area contributed by atoms with Crippen molar-refractivity contribution in [3.05, 3.63) is 50.1 Å². The van der Waals surface area contributed by atoms with E-state index in [9.17, 15) is 9.59 Å². The van der Waals surface area contributed by atoms with Crippen LogP contribution in [-0.4, -0.2) is 10.9 Å². The highest BCUT2D eigenvalue weighted by atomic mass is 35.5. The number of H-pyrrole nitrogens is 1. The second kappa shape index (κ2) is 4.56. The summed E-state index contributed by atoms with van der Waals surface area (Å²) in [7, 11) is 0. The number of fused-ring (bicyclic) bond motifs is 1. The summed E-state index contributed by atoms with van der Waals surface area (Å²) in [6.07, 6.45) is 0. The number of carbonyl (C=O) groups is 1. The summed E-state index contributed by atoms with van der Waals surface area (Å²) in [5, 5.41) is 2.71. The third-order valence-electron chi connectivity index (χ3n) is 2.48. The van der Waals surface area contributed by atoms with Crippen LogP contribution >= 0.6 is 22.9 Å². The summed E-state index contributed by atoms with van der Waals surface area (Å²) < 4.78 is 5.47. The fourth-order valence-electron chi connectivity index (χ4n) is 1.65. The zero-order valence-electron chi connectivity index (χ0n) is 9.40. The van der Waals surface area contributed by atoms with Crippen LogP contribution in [-0.2, 0) is 0 Å². The molecule has 2 heterocycles. The Hall–Kier alpha value is -2.05. The van der Waals surface area contributed by atoms with E-state index in [2.05, 4.69) is 10.3 Å². The summed E-state index contributed by atoms with van der Waals surface area (Å²) >= 11 is 6.97. The lowest BCUT2D eigenvalue weighted by Gasteiger charge is -2.02. The highest BCUT2D eigenvalue weighted by molar-refractivity contribution is 7.18. The monoisotopic (exact) mass is 294 g/mol. The summed E-state index contributed by atoms with van der Waals surface area (Å²) in [5.41, 5.74) is 1.53. The van der Waals surface area contributed by atoms with Crippen LogP contribution < -0.4 is 11.1 Å². The standard InChI is InChI=1S/C12H7ClN2O3S/c13-10-4-3-9(19-10)11(16)14-6-1-2-7-8(5-6)18-12(17)15-7/h1-5H,(H,14,16)(H,15,17). The van der Waals surface area contributed by atoms with Gasteiger partial charge in [-0.1, -0.05) is 11.6 Å². The van der Waals surface area contributed by atoms with Gasteiger partial charge in [0, 0.05) is 11.8 Å². The lowest BCUT2D eigenvalue weighted by atomic mass is 10.3. The van der Waals surface area contributed by atoms with Crippen LogP contribution in [0, 0.1) is 0 Å². The van der Waals surface area contributed by atoms with E-state index in [1.165, 1.54) is 11.3 Å². The number of anilines is 1. The van der Waals surface area contributed by atoms with Gasteiger partial charge in [0.1, 0.15) is 0 Å². The highest BCUT2D eigenvalue weighted by Gasteiger charge is 2.10. The minimum atomic E-state index is -0.525. The molecule has 0 bridgehead atoms. The van der Waals surface area contributed by atoms with Crippen molar-refractivity contribution >= 4 is 45.6 Å². The van der Waals surface area contributed by atoms with Crippen LogP contribution in [0.3, 0.4) is 0 Å². The van der Waals surface area contributed by atoms with Crippen LogP contribution in [0.25, 0.3) is 11.1 Å². The molecule has 2 N–H and O–H groups in total. The van der Waals surface area contributed by atoms with Gasteiger partial charge in [-0.05, 0) is 24.3 Å². The molecule has 0 saturated carbocycles. The Kier molecular flexibility index (Phi) is 2.88. The van der Waals surface area contributed by atoms with Gasteiger partial charge in [-0.25, -0.2) is 4.79 Å². The predicted molar refractivity (Wildman–Crippen MR) is 74.1 cm³/mol. The lowest BCUT2D eigenvalue weighted by Crippen LogP contribution is -2.09. The predicted octanol–water partition coefficient (Wildman–Crippen LogP) is 3.09. The average Bonchev–Trinajstić information content (AvgIpc) is 2.93. The number of carbonyl (C=O) groups excluding carboxylic acids is 1. The number of aromatic amines is 1. The molecule has 0 aliphatic heterocycles. The second-order valence-corrected chi connectivity index (χ2v) is 5.50. The molecular weight excluding hydrogens is 288 g/mol. The van der Waals surface area contributed by atoms with Gasteiger partial charge in [0.25, 0.3) is 5.91 Å². The van der Waals surface area contributed by atoms with E-state index < -0.39 is 5.76 Å². The van der Waals surface area contributed by atoms with Crippen molar-refractivity contribution in [2.75, 3.05) is 5.32 Å². The molecule has 96 valence electrons. The van der Waals surface area contributed by atoms with E-state index in [1.54, 1.807) is 30.3 Å². The van der Waals surface area contributed by atoms with Gasteiger partial charge in [-0.15, -0.1) is 11.3 Å². The van der Waals surface area contributed by atoms with Crippen LogP contribution in [0.2, 0.25) is 4.34 Å². The Morgan fingerprint density at radius 3 is 2.89 bits per heavy atom. The molecule has 2 aromatic heterocycles. The maximum atomic E-state index is 11.9. The van der Waals surface area contributed by atoms with Crippen molar-refractivity contribution in [1.29, 1.82) is 0 Å². The van der Waals surface area contributed by atoms with Crippen LogP contribution in [0.1, 0.15) is 9.67 Å². The van der Waals surface area contributed by atoms with Crippen molar-refractivity contribution in [3.63, 3.8) is 0 Å². The van der Waals surface area contributed by atoms with Crippen LogP contribution in [0.4, 0.5) is 5.69 Å². The first kappa shape index (κ1) is 12.0. The third kappa shape index (κ3) is 2.40.